The van der Waals surface area contributed by atoms with Gasteiger partial charge in [0.15, 0.2) is 0 Å². The van der Waals surface area contributed by atoms with Crippen molar-refractivity contribution in [2.75, 3.05) is 0 Å². The quantitative estimate of drug-likeness (QED) is 0.221. The summed E-state index contributed by atoms with van der Waals surface area (Å²) >= 11 is 7.62. The maximum absolute atomic E-state index is 2.30. The van der Waals surface area contributed by atoms with Crippen molar-refractivity contribution in [2.24, 2.45) is 0 Å². The molecule has 0 N–H and O–H groups in total. The molecule has 0 fully saturated rings. The standard InChI is InChI=1S/C23H24S4/c1(2-8-18(20-10-4-14-24-20)21-11-5-15-25-21)3-9-19(22-12-6-16-26-22)23-13-7-17-27-23/h4-7,10-19H,1-3,8-9H2. The van der Waals surface area contributed by atoms with Gasteiger partial charge in [-0.1, -0.05) is 43.5 Å². The SMILES string of the molecule is c1csc(C(CCCCCC(c2cccs2)c2cccs2)c2cccs2)c1. The molecule has 0 aromatic carbocycles. The fourth-order valence-electron chi connectivity index (χ4n) is 3.68. The van der Waals surface area contributed by atoms with Crippen molar-refractivity contribution in [3.05, 3.63) is 89.6 Å². The normalized spacial score (nSPS) is 11.6. The van der Waals surface area contributed by atoms with Crippen LogP contribution in [0.25, 0.3) is 0 Å². The van der Waals surface area contributed by atoms with E-state index < -0.39 is 0 Å². The molecule has 0 aliphatic heterocycles. The van der Waals surface area contributed by atoms with E-state index in [1.807, 2.05) is 45.3 Å². The summed E-state index contributed by atoms with van der Waals surface area (Å²) in [4.78, 5) is 6.08. The summed E-state index contributed by atoms with van der Waals surface area (Å²) < 4.78 is 0. The molecular weight excluding hydrogens is 405 g/mol. The molecule has 0 radical (unpaired) electrons. The van der Waals surface area contributed by atoms with Crippen LogP contribution in [0, 0.1) is 0 Å². The van der Waals surface area contributed by atoms with Crippen molar-refractivity contribution in [3.8, 4) is 0 Å². The summed E-state index contributed by atoms with van der Waals surface area (Å²) in [6.07, 6.45) is 6.47. The molecule has 4 aromatic rings. The number of hydrogen-bond acceptors (Lipinski definition) is 4. The van der Waals surface area contributed by atoms with Gasteiger partial charge in [-0.3, -0.25) is 0 Å². The van der Waals surface area contributed by atoms with Gasteiger partial charge in [-0.15, -0.1) is 45.3 Å². The van der Waals surface area contributed by atoms with Crippen LogP contribution in [0.5, 0.6) is 0 Å². The lowest BCUT2D eigenvalue weighted by molar-refractivity contribution is 0.573. The highest BCUT2D eigenvalue weighted by molar-refractivity contribution is 7.12. The highest BCUT2D eigenvalue weighted by atomic mass is 32.1. The molecule has 0 amide bonds. The minimum Gasteiger partial charge on any atom is -0.148 e. The Hall–Kier alpha value is -1.20. The fraction of sp³-hybridized carbons (Fsp3) is 0.304. The Bertz CT molecular complexity index is 712. The maximum Gasteiger partial charge on any atom is 0.0278 e. The first kappa shape index (κ1) is 19.1. The Morgan fingerprint density at radius 2 is 0.815 bits per heavy atom. The molecule has 0 nitrogen and oxygen atoms in total. The summed E-state index contributed by atoms with van der Waals surface area (Å²) in [5, 5.41) is 8.84. The first-order valence-electron chi connectivity index (χ1n) is 9.55. The van der Waals surface area contributed by atoms with E-state index in [1.165, 1.54) is 51.6 Å². The molecule has 27 heavy (non-hydrogen) atoms. The Balaban J connectivity index is 1.31. The van der Waals surface area contributed by atoms with Crippen LogP contribution >= 0.6 is 45.3 Å². The van der Waals surface area contributed by atoms with Crippen LogP contribution in [-0.4, -0.2) is 0 Å². The van der Waals surface area contributed by atoms with Crippen molar-refractivity contribution in [2.45, 2.75) is 43.9 Å². The molecule has 4 heteroatoms. The third kappa shape index (κ3) is 5.00. The van der Waals surface area contributed by atoms with Crippen molar-refractivity contribution < 1.29 is 0 Å². The van der Waals surface area contributed by atoms with Gasteiger partial charge in [0.25, 0.3) is 0 Å². The third-order valence-electron chi connectivity index (χ3n) is 5.03. The van der Waals surface area contributed by atoms with Crippen LogP contribution in [0.15, 0.2) is 70.1 Å². The van der Waals surface area contributed by atoms with E-state index in [0.717, 1.165) is 0 Å². The number of hydrogen-bond donors (Lipinski definition) is 0. The second-order valence-corrected chi connectivity index (χ2v) is 10.7. The lowest BCUT2D eigenvalue weighted by Crippen LogP contribution is -1.99. The van der Waals surface area contributed by atoms with Crippen molar-refractivity contribution in [3.63, 3.8) is 0 Å². The zero-order valence-corrected chi connectivity index (χ0v) is 18.5. The van der Waals surface area contributed by atoms with Gasteiger partial charge in [0.05, 0.1) is 0 Å². The second-order valence-electron chi connectivity index (χ2n) is 6.80. The van der Waals surface area contributed by atoms with E-state index in [2.05, 4.69) is 70.1 Å². The monoisotopic (exact) mass is 428 g/mol. The molecule has 0 spiro atoms. The second kappa shape index (κ2) is 9.83. The van der Waals surface area contributed by atoms with Crippen LogP contribution in [0.2, 0.25) is 0 Å². The average Bonchev–Trinajstić information content (AvgIpc) is 3.51. The summed E-state index contributed by atoms with van der Waals surface area (Å²) in [7, 11) is 0. The molecule has 0 saturated heterocycles. The van der Waals surface area contributed by atoms with E-state index >= 15 is 0 Å². The van der Waals surface area contributed by atoms with Gasteiger partial charge >= 0.3 is 0 Å². The van der Waals surface area contributed by atoms with Gasteiger partial charge in [-0.25, -0.2) is 0 Å². The lowest BCUT2D eigenvalue weighted by Gasteiger charge is -2.16. The van der Waals surface area contributed by atoms with Gasteiger partial charge < -0.3 is 0 Å². The summed E-state index contributed by atoms with van der Waals surface area (Å²) in [5.41, 5.74) is 0. The van der Waals surface area contributed by atoms with E-state index in [-0.39, 0.29) is 0 Å². The highest BCUT2D eigenvalue weighted by Crippen LogP contribution is 2.37. The van der Waals surface area contributed by atoms with Crippen molar-refractivity contribution >= 4 is 45.3 Å². The Labute approximate surface area is 178 Å². The molecule has 0 atom stereocenters. The minimum atomic E-state index is 0.593. The molecule has 0 bridgehead atoms. The van der Waals surface area contributed by atoms with E-state index in [4.69, 9.17) is 0 Å². The molecular formula is C23H24S4. The molecule has 0 aliphatic rings. The maximum atomic E-state index is 2.30. The Kier molecular flexibility index (Phi) is 6.97. The minimum absolute atomic E-state index is 0.593. The van der Waals surface area contributed by atoms with Gasteiger partial charge in [-0.05, 0) is 58.6 Å². The van der Waals surface area contributed by atoms with Gasteiger partial charge in [0.1, 0.15) is 0 Å². The molecule has 4 rings (SSSR count). The Morgan fingerprint density at radius 3 is 1.07 bits per heavy atom. The van der Waals surface area contributed by atoms with Crippen LogP contribution in [0.1, 0.15) is 63.4 Å². The van der Waals surface area contributed by atoms with Crippen LogP contribution in [0.4, 0.5) is 0 Å². The van der Waals surface area contributed by atoms with Gasteiger partial charge in [0, 0.05) is 31.3 Å². The third-order valence-corrected chi connectivity index (χ3v) is 8.98. The largest absolute Gasteiger partial charge is 0.148 e. The average molecular weight is 429 g/mol. The molecule has 0 aliphatic carbocycles. The number of thiophene rings is 4. The van der Waals surface area contributed by atoms with Crippen molar-refractivity contribution in [1.82, 2.24) is 0 Å². The van der Waals surface area contributed by atoms with Crippen LogP contribution in [0.3, 0.4) is 0 Å². The summed E-state index contributed by atoms with van der Waals surface area (Å²) in [6, 6.07) is 18.0. The van der Waals surface area contributed by atoms with Gasteiger partial charge in [-0.2, -0.15) is 0 Å². The van der Waals surface area contributed by atoms with Gasteiger partial charge in [0.2, 0.25) is 0 Å². The topological polar surface area (TPSA) is 0 Å². The van der Waals surface area contributed by atoms with E-state index in [1.54, 1.807) is 0 Å². The number of rotatable bonds is 10. The predicted octanol–water partition coefficient (Wildman–Crippen LogP) is 8.85. The molecule has 4 heterocycles. The smallest absolute Gasteiger partial charge is 0.0278 e. The molecule has 0 saturated carbocycles. The summed E-state index contributed by atoms with van der Waals surface area (Å²) in [6.45, 7) is 0. The zero-order valence-electron chi connectivity index (χ0n) is 15.3. The van der Waals surface area contributed by atoms with Crippen LogP contribution in [-0.2, 0) is 0 Å². The number of unbranched alkanes of at least 4 members (excludes halogenated alkanes) is 2. The predicted molar refractivity (Wildman–Crippen MR) is 124 cm³/mol. The van der Waals surface area contributed by atoms with E-state index in [9.17, 15) is 0 Å². The molecule has 0 unspecified atom stereocenters. The van der Waals surface area contributed by atoms with Crippen LogP contribution < -0.4 is 0 Å². The lowest BCUT2D eigenvalue weighted by atomic mass is 9.94. The molecule has 4 aromatic heterocycles. The first-order valence-corrected chi connectivity index (χ1v) is 13.1. The Morgan fingerprint density at radius 1 is 0.481 bits per heavy atom. The van der Waals surface area contributed by atoms with Crippen molar-refractivity contribution in [1.29, 1.82) is 0 Å². The summed E-state index contributed by atoms with van der Waals surface area (Å²) in [5.74, 6) is 1.19. The van der Waals surface area contributed by atoms with E-state index in [0.29, 0.717) is 11.8 Å². The fourth-order valence-corrected chi connectivity index (χ4v) is 7.35. The zero-order chi connectivity index (χ0) is 18.3. The highest BCUT2D eigenvalue weighted by Gasteiger charge is 2.18. The molecule has 140 valence electrons. The first-order chi connectivity index (χ1) is 13.4.